The van der Waals surface area contributed by atoms with Crippen LogP contribution in [-0.4, -0.2) is 13.0 Å². The van der Waals surface area contributed by atoms with E-state index in [0.29, 0.717) is 0 Å². The summed E-state index contributed by atoms with van der Waals surface area (Å²) in [5.74, 6) is -0.727. The Balaban J connectivity index is 3.21. The van der Waals surface area contributed by atoms with Gasteiger partial charge in [-0.1, -0.05) is 12.1 Å². The van der Waals surface area contributed by atoms with Gasteiger partial charge in [-0.05, 0) is 12.1 Å². The van der Waals surface area contributed by atoms with E-state index in [0.717, 1.165) is 12.1 Å². The number of ether oxygens (including phenoxy) is 1. The van der Waals surface area contributed by atoms with Crippen molar-refractivity contribution in [2.24, 2.45) is 0 Å². The van der Waals surface area contributed by atoms with Crippen LogP contribution in [0.3, 0.4) is 0 Å². The fourth-order valence-corrected chi connectivity index (χ4v) is 1.50. The molecule has 0 aliphatic rings. The van der Waals surface area contributed by atoms with E-state index in [9.17, 15) is 21.6 Å². The summed E-state index contributed by atoms with van der Waals surface area (Å²) in [6.07, 6.45) is -2.73. The number of rotatable bonds is 3. The molecule has 0 unspecified atom stereocenters. The van der Waals surface area contributed by atoms with Gasteiger partial charge in [0, 0.05) is 0 Å². The molecule has 1 N–H and O–H groups in total. The van der Waals surface area contributed by atoms with Crippen molar-refractivity contribution in [2.75, 3.05) is 0 Å². The number of halogens is 3. The van der Waals surface area contributed by atoms with E-state index in [1.165, 1.54) is 12.1 Å². The predicted molar refractivity (Wildman–Crippen MR) is 47.2 cm³/mol. The molecule has 0 fully saturated rings. The highest BCUT2D eigenvalue weighted by Gasteiger charge is 2.18. The van der Waals surface area contributed by atoms with Crippen molar-refractivity contribution in [3.63, 3.8) is 0 Å². The molecule has 1 aromatic rings. The molecule has 16 heavy (non-hydrogen) atoms. The van der Waals surface area contributed by atoms with Crippen molar-refractivity contribution in [1.29, 1.82) is 0 Å². The van der Waals surface area contributed by atoms with E-state index in [-0.39, 0.29) is 0 Å². The first kappa shape index (κ1) is 12.5. The van der Waals surface area contributed by atoms with Gasteiger partial charge in [-0.3, -0.25) is 4.55 Å². The molecule has 0 aliphatic heterocycles. The summed E-state index contributed by atoms with van der Waals surface area (Å²) in [5, 5.41) is 0. The van der Waals surface area contributed by atoms with E-state index in [1.54, 1.807) is 0 Å². The quantitative estimate of drug-likeness (QED) is 0.664. The Kier molecular flexibility index (Phi) is 3.55. The minimum Gasteiger partial charge on any atom is -0.426 e. The molecule has 0 bridgehead atoms. The van der Waals surface area contributed by atoms with Crippen LogP contribution in [0, 0.1) is 0 Å². The second kappa shape index (κ2) is 4.54. The Bertz CT molecular complexity index is 520. The van der Waals surface area contributed by atoms with Crippen LogP contribution in [0.2, 0.25) is 0 Å². The van der Waals surface area contributed by atoms with Gasteiger partial charge in [-0.25, -0.2) is 0 Å². The number of hydrogen-bond donors (Lipinski definition) is 1. The zero-order chi connectivity index (χ0) is 12.3. The van der Waals surface area contributed by atoms with Gasteiger partial charge in [0.15, 0.2) is 5.75 Å². The normalized spacial score (nSPS) is 11.0. The van der Waals surface area contributed by atoms with E-state index >= 15 is 0 Å². The predicted octanol–water partition coefficient (Wildman–Crippen LogP) is 2.35. The van der Waals surface area contributed by atoms with Crippen LogP contribution in [0.15, 0.2) is 41.3 Å². The number of hydrogen-bond acceptors (Lipinski definition) is 3. The lowest BCUT2D eigenvalue weighted by Gasteiger charge is -2.05. The van der Waals surface area contributed by atoms with Crippen LogP contribution in [0.4, 0.5) is 13.2 Å². The van der Waals surface area contributed by atoms with Gasteiger partial charge in [0.05, 0.1) is 0 Å². The summed E-state index contributed by atoms with van der Waals surface area (Å²) in [6.45, 7) is 0. The van der Waals surface area contributed by atoms with Crippen molar-refractivity contribution < 1.29 is 30.9 Å². The first-order valence-corrected chi connectivity index (χ1v) is 5.21. The van der Waals surface area contributed by atoms with Crippen molar-refractivity contribution in [2.45, 2.75) is 4.90 Å². The highest BCUT2D eigenvalue weighted by Crippen LogP contribution is 2.26. The lowest BCUT2D eigenvalue weighted by atomic mass is 10.3. The Morgan fingerprint density at radius 1 is 1.19 bits per heavy atom. The van der Waals surface area contributed by atoms with E-state index < -0.39 is 32.9 Å². The third-order valence-electron chi connectivity index (χ3n) is 1.48. The minimum absolute atomic E-state index is 0.727. The van der Waals surface area contributed by atoms with E-state index in [1.807, 2.05) is 0 Å². The Morgan fingerprint density at radius 3 is 2.25 bits per heavy atom. The third-order valence-corrected chi connectivity index (χ3v) is 2.37. The third kappa shape index (κ3) is 2.97. The largest absolute Gasteiger partial charge is 0.426 e. The second-order valence-electron chi connectivity index (χ2n) is 2.56. The molecular weight excluding hydrogens is 249 g/mol. The second-order valence-corrected chi connectivity index (χ2v) is 3.95. The molecule has 0 heterocycles. The average Bonchev–Trinajstić information content (AvgIpc) is 2.16. The van der Waals surface area contributed by atoms with Crippen molar-refractivity contribution in [3.05, 3.63) is 36.4 Å². The van der Waals surface area contributed by atoms with Gasteiger partial charge in [0.25, 0.3) is 10.1 Å². The Morgan fingerprint density at radius 2 is 1.75 bits per heavy atom. The first-order chi connectivity index (χ1) is 7.32. The molecule has 0 atom stereocenters. The smallest absolute Gasteiger partial charge is 0.344 e. The molecule has 0 saturated heterocycles. The minimum atomic E-state index is -4.66. The van der Waals surface area contributed by atoms with E-state index in [4.69, 9.17) is 4.55 Å². The van der Waals surface area contributed by atoms with Crippen molar-refractivity contribution >= 4 is 10.1 Å². The molecule has 1 aromatic carbocycles. The van der Waals surface area contributed by atoms with Gasteiger partial charge in [-0.15, -0.1) is 0 Å². The highest BCUT2D eigenvalue weighted by molar-refractivity contribution is 7.86. The zero-order valence-electron chi connectivity index (χ0n) is 7.52. The summed E-state index contributed by atoms with van der Waals surface area (Å²) in [6, 6.07) is 2.02. The van der Waals surface area contributed by atoms with Gasteiger partial charge in [0.1, 0.15) is 4.90 Å². The van der Waals surface area contributed by atoms with Crippen molar-refractivity contribution in [1.82, 2.24) is 0 Å². The average molecular weight is 254 g/mol. The summed E-state index contributed by atoms with van der Waals surface area (Å²) in [5.41, 5.74) is 0. The molecule has 0 spiro atoms. The van der Waals surface area contributed by atoms with Crippen LogP contribution in [0.5, 0.6) is 5.75 Å². The summed E-state index contributed by atoms with van der Waals surface area (Å²) >= 11 is 0. The molecule has 8 heteroatoms. The summed E-state index contributed by atoms with van der Waals surface area (Å²) < 4.78 is 70.0. The Labute approximate surface area is 88.7 Å². The lowest BCUT2D eigenvalue weighted by molar-refractivity contribution is 0.237. The molecule has 1 rings (SSSR count). The molecule has 0 saturated carbocycles. The highest BCUT2D eigenvalue weighted by atomic mass is 32.2. The maximum absolute atomic E-state index is 12.4. The fourth-order valence-electron chi connectivity index (χ4n) is 0.883. The molecule has 0 amide bonds. The SMILES string of the molecule is O=S(=O)(O)c1ccccc1OC(F)=C(F)F. The number of benzene rings is 1. The monoisotopic (exact) mass is 254 g/mol. The van der Waals surface area contributed by atoms with Gasteiger partial charge >= 0.3 is 12.1 Å². The first-order valence-electron chi connectivity index (χ1n) is 3.77. The zero-order valence-corrected chi connectivity index (χ0v) is 8.34. The van der Waals surface area contributed by atoms with Crippen LogP contribution >= 0.6 is 0 Å². The van der Waals surface area contributed by atoms with Gasteiger partial charge in [-0.2, -0.15) is 21.6 Å². The summed E-state index contributed by atoms with van der Waals surface area (Å²) in [7, 11) is -4.66. The van der Waals surface area contributed by atoms with Crippen LogP contribution < -0.4 is 4.74 Å². The van der Waals surface area contributed by atoms with Gasteiger partial charge in [0.2, 0.25) is 0 Å². The molecule has 0 aromatic heterocycles. The topological polar surface area (TPSA) is 63.6 Å². The standard InChI is InChI=1S/C8H5F3O4S/c9-7(10)8(11)15-5-3-1-2-4-6(5)16(12,13)14/h1-4H,(H,12,13,14). The maximum Gasteiger partial charge on any atom is 0.344 e. The van der Waals surface area contributed by atoms with Crippen LogP contribution in [0.1, 0.15) is 0 Å². The Hall–Kier alpha value is -1.54. The molecule has 0 aliphatic carbocycles. The summed E-state index contributed by atoms with van der Waals surface area (Å²) in [4.78, 5) is -0.800. The molecular formula is C8H5F3O4S. The lowest BCUT2D eigenvalue weighted by Crippen LogP contribution is -2.02. The van der Waals surface area contributed by atoms with Crippen LogP contribution in [-0.2, 0) is 10.1 Å². The molecule has 4 nitrogen and oxygen atoms in total. The van der Waals surface area contributed by atoms with Crippen molar-refractivity contribution in [3.8, 4) is 5.75 Å². The molecule has 0 radical (unpaired) electrons. The van der Waals surface area contributed by atoms with Crippen LogP contribution in [0.25, 0.3) is 0 Å². The molecule has 88 valence electrons. The van der Waals surface area contributed by atoms with E-state index in [2.05, 4.69) is 4.74 Å². The fraction of sp³-hybridized carbons (Fsp3) is 0. The maximum atomic E-state index is 12.4. The van der Waals surface area contributed by atoms with Gasteiger partial charge < -0.3 is 4.74 Å². The number of para-hydroxylation sites is 1.